The highest BCUT2D eigenvalue weighted by molar-refractivity contribution is 5.96. The number of fused-ring (bicyclic) bond motifs is 1. The number of nitrogens with zero attached hydrogens (tertiary/aromatic N) is 2. The number of benzene rings is 2. The molecule has 0 amide bonds. The molecule has 2 aromatic carbocycles. The van der Waals surface area contributed by atoms with E-state index in [2.05, 4.69) is 52.6 Å². The first-order valence-electron chi connectivity index (χ1n) is 8.78. The van der Waals surface area contributed by atoms with E-state index >= 15 is 0 Å². The predicted molar refractivity (Wildman–Crippen MR) is 103 cm³/mol. The van der Waals surface area contributed by atoms with E-state index in [1.54, 1.807) is 0 Å². The second-order valence-electron chi connectivity index (χ2n) is 6.70. The van der Waals surface area contributed by atoms with Crippen LogP contribution in [-0.4, -0.2) is 10.4 Å². The zero-order valence-electron chi connectivity index (χ0n) is 15.4. The molecule has 0 spiro atoms. The van der Waals surface area contributed by atoms with E-state index in [0.29, 0.717) is 6.54 Å². The van der Waals surface area contributed by atoms with Gasteiger partial charge in [0.1, 0.15) is 11.9 Å². The van der Waals surface area contributed by atoms with E-state index in [-0.39, 0.29) is 22.8 Å². The molecule has 0 fully saturated rings. The zero-order chi connectivity index (χ0) is 18.1. The molecule has 2 heterocycles. The van der Waals surface area contributed by atoms with E-state index in [1.807, 2.05) is 49.4 Å². The van der Waals surface area contributed by atoms with Gasteiger partial charge in [-0.15, -0.1) is 0 Å². The van der Waals surface area contributed by atoms with Crippen molar-refractivity contribution in [3.05, 3.63) is 95.9 Å². The summed E-state index contributed by atoms with van der Waals surface area (Å²) in [4.78, 5) is 12.8. The SMILES string of the molecule is Cc1ccc2n(CC(=O)c3ccc(-c4ccccc4)cc3)c(C)c[n+]2c1.[Br-]. The minimum atomic E-state index is 0. The molecule has 2 aromatic heterocycles. The molecule has 27 heavy (non-hydrogen) atoms. The Bertz CT molecular complexity index is 1080. The summed E-state index contributed by atoms with van der Waals surface area (Å²) in [5.74, 6) is 0.117. The molecule has 0 radical (unpaired) electrons. The number of carbonyl (C=O) groups is 1. The van der Waals surface area contributed by atoms with Gasteiger partial charge in [0.2, 0.25) is 5.78 Å². The summed E-state index contributed by atoms with van der Waals surface area (Å²) in [6.45, 7) is 4.45. The van der Waals surface area contributed by atoms with Crippen LogP contribution in [0.2, 0.25) is 0 Å². The molecule has 136 valence electrons. The largest absolute Gasteiger partial charge is 1.00 e. The minimum absolute atomic E-state index is 0. The molecule has 4 aromatic rings. The Hall–Kier alpha value is -2.72. The fourth-order valence-corrected chi connectivity index (χ4v) is 3.32. The monoisotopic (exact) mass is 420 g/mol. The van der Waals surface area contributed by atoms with E-state index in [0.717, 1.165) is 28.0 Å². The van der Waals surface area contributed by atoms with Crippen molar-refractivity contribution >= 4 is 11.4 Å². The molecule has 0 saturated carbocycles. The first-order valence-corrected chi connectivity index (χ1v) is 8.78. The number of hydrogen-bond donors (Lipinski definition) is 0. The smallest absolute Gasteiger partial charge is 0.286 e. The Morgan fingerprint density at radius 3 is 2.22 bits per heavy atom. The van der Waals surface area contributed by atoms with Crippen LogP contribution in [-0.2, 0) is 6.54 Å². The molecule has 0 bridgehead atoms. The van der Waals surface area contributed by atoms with Gasteiger partial charge in [-0.05, 0) is 29.7 Å². The fraction of sp³-hybridized carbons (Fsp3) is 0.130. The summed E-state index contributed by atoms with van der Waals surface area (Å²) in [6.07, 6.45) is 4.14. The van der Waals surface area contributed by atoms with Gasteiger partial charge in [0.15, 0.2) is 6.54 Å². The van der Waals surface area contributed by atoms with Gasteiger partial charge in [-0.1, -0.05) is 54.6 Å². The van der Waals surface area contributed by atoms with Crippen molar-refractivity contribution < 1.29 is 26.2 Å². The van der Waals surface area contributed by atoms with E-state index in [9.17, 15) is 4.79 Å². The quantitative estimate of drug-likeness (QED) is 0.362. The third-order valence-electron chi connectivity index (χ3n) is 4.75. The molecule has 3 nitrogen and oxygen atoms in total. The highest BCUT2D eigenvalue weighted by Gasteiger charge is 2.18. The van der Waals surface area contributed by atoms with E-state index in [1.165, 1.54) is 5.56 Å². The molecular formula is C23H21BrN2O. The molecule has 4 rings (SSSR count). The summed E-state index contributed by atoms with van der Waals surface area (Å²) in [5.41, 5.74) is 6.32. The van der Waals surface area contributed by atoms with Gasteiger partial charge in [-0.2, -0.15) is 0 Å². The van der Waals surface area contributed by atoms with Crippen molar-refractivity contribution in [3.8, 4) is 11.1 Å². The van der Waals surface area contributed by atoms with Crippen LogP contribution in [0.4, 0.5) is 0 Å². The average Bonchev–Trinajstić information content (AvgIpc) is 2.97. The Kier molecular flexibility index (Phi) is 5.57. The number of hydrogen-bond acceptors (Lipinski definition) is 1. The van der Waals surface area contributed by atoms with Gasteiger partial charge >= 0.3 is 0 Å². The number of aromatic nitrogens is 2. The van der Waals surface area contributed by atoms with Crippen LogP contribution in [0.1, 0.15) is 21.6 Å². The Labute approximate surface area is 169 Å². The van der Waals surface area contributed by atoms with Crippen molar-refractivity contribution in [1.82, 2.24) is 4.57 Å². The molecule has 0 atom stereocenters. The lowest BCUT2D eigenvalue weighted by Crippen LogP contribution is -3.00. The lowest BCUT2D eigenvalue weighted by atomic mass is 10.0. The zero-order valence-corrected chi connectivity index (χ0v) is 17.0. The maximum absolute atomic E-state index is 12.8. The highest BCUT2D eigenvalue weighted by Crippen LogP contribution is 2.20. The van der Waals surface area contributed by atoms with Crippen LogP contribution in [0, 0.1) is 13.8 Å². The molecule has 0 aliphatic heterocycles. The predicted octanol–water partition coefficient (Wildman–Crippen LogP) is 1.40. The van der Waals surface area contributed by atoms with Crippen LogP contribution >= 0.6 is 0 Å². The third kappa shape index (κ3) is 3.86. The second-order valence-corrected chi connectivity index (χ2v) is 6.70. The lowest BCUT2D eigenvalue weighted by Gasteiger charge is -2.04. The number of Topliss-reactive ketones (excluding diaryl/α,β-unsaturated/α-hetero) is 1. The van der Waals surface area contributed by atoms with Crippen molar-refractivity contribution in [3.63, 3.8) is 0 Å². The summed E-state index contributed by atoms with van der Waals surface area (Å²) in [7, 11) is 0. The van der Waals surface area contributed by atoms with Crippen molar-refractivity contribution in [2.75, 3.05) is 0 Å². The number of ketones is 1. The highest BCUT2D eigenvalue weighted by atomic mass is 79.9. The maximum Gasteiger partial charge on any atom is 0.286 e. The van der Waals surface area contributed by atoms with Gasteiger partial charge in [0.25, 0.3) is 5.65 Å². The van der Waals surface area contributed by atoms with Crippen LogP contribution in [0.3, 0.4) is 0 Å². The molecule has 0 N–H and O–H groups in total. The van der Waals surface area contributed by atoms with Crippen LogP contribution < -0.4 is 21.4 Å². The number of pyridine rings is 1. The van der Waals surface area contributed by atoms with Gasteiger partial charge in [0.05, 0.1) is 6.20 Å². The summed E-state index contributed by atoms with van der Waals surface area (Å²) >= 11 is 0. The standard InChI is InChI=1S/C23H21N2O.BrH/c1-17-8-13-23-24(14-17)15-18(2)25(23)16-22(26)21-11-9-20(10-12-21)19-6-4-3-5-7-19;/h3-15H,16H2,1-2H3;1H/q+1;/p-1. The number of carbonyl (C=O) groups excluding carboxylic acids is 1. The first kappa shape index (κ1) is 19.1. The van der Waals surface area contributed by atoms with Gasteiger partial charge in [0, 0.05) is 18.6 Å². The Morgan fingerprint density at radius 2 is 1.52 bits per heavy atom. The van der Waals surface area contributed by atoms with Crippen LogP contribution in [0.15, 0.2) is 79.1 Å². The topological polar surface area (TPSA) is 26.1 Å². The van der Waals surface area contributed by atoms with Crippen molar-refractivity contribution in [2.45, 2.75) is 20.4 Å². The second kappa shape index (κ2) is 7.89. The van der Waals surface area contributed by atoms with Gasteiger partial charge in [-0.25, -0.2) is 8.97 Å². The van der Waals surface area contributed by atoms with E-state index < -0.39 is 0 Å². The Morgan fingerprint density at radius 1 is 0.852 bits per heavy atom. The summed E-state index contributed by atoms with van der Waals surface area (Å²) in [6, 6.07) is 22.2. The van der Waals surface area contributed by atoms with Crippen molar-refractivity contribution in [1.29, 1.82) is 0 Å². The molecule has 0 unspecified atom stereocenters. The first-order chi connectivity index (χ1) is 12.6. The minimum Gasteiger partial charge on any atom is -1.00 e. The van der Waals surface area contributed by atoms with Gasteiger partial charge < -0.3 is 17.0 Å². The summed E-state index contributed by atoms with van der Waals surface area (Å²) < 4.78 is 4.14. The number of imidazole rings is 1. The normalized spacial score (nSPS) is 10.6. The molecule has 4 heteroatoms. The molecule has 0 aliphatic rings. The number of rotatable bonds is 4. The number of halogens is 1. The molecule has 0 aliphatic carbocycles. The average molecular weight is 421 g/mol. The maximum atomic E-state index is 12.8. The third-order valence-corrected chi connectivity index (χ3v) is 4.75. The van der Waals surface area contributed by atoms with Crippen LogP contribution in [0.25, 0.3) is 16.8 Å². The van der Waals surface area contributed by atoms with Gasteiger partial charge in [-0.3, -0.25) is 4.79 Å². The fourth-order valence-electron chi connectivity index (χ4n) is 3.32. The summed E-state index contributed by atoms with van der Waals surface area (Å²) in [5, 5.41) is 0. The number of aryl methyl sites for hydroxylation is 2. The van der Waals surface area contributed by atoms with E-state index in [4.69, 9.17) is 0 Å². The molecule has 0 saturated heterocycles. The lowest BCUT2D eigenvalue weighted by molar-refractivity contribution is -0.511. The van der Waals surface area contributed by atoms with Crippen molar-refractivity contribution in [2.24, 2.45) is 0 Å². The van der Waals surface area contributed by atoms with Crippen LogP contribution in [0.5, 0.6) is 0 Å². The molecular weight excluding hydrogens is 400 g/mol. The Balaban J connectivity index is 0.00000210.